The van der Waals surface area contributed by atoms with Gasteiger partial charge in [0, 0.05) is 37.0 Å². The van der Waals surface area contributed by atoms with Gasteiger partial charge < -0.3 is 20.3 Å². The molecular weight excluding hydrogens is 346 g/mol. The molecule has 0 spiro atoms. The maximum Gasteiger partial charge on any atom is 0.229 e. The maximum atomic E-state index is 12.5. The average Bonchev–Trinajstić information content (AvgIpc) is 3.05. The van der Waals surface area contributed by atoms with Gasteiger partial charge in [0.25, 0.3) is 0 Å². The van der Waals surface area contributed by atoms with E-state index in [0.717, 1.165) is 5.69 Å². The number of methoxy groups -OCH3 is 1. The van der Waals surface area contributed by atoms with Crippen LogP contribution in [0.2, 0.25) is 0 Å². The highest BCUT2D eigenvalue weighted by molar-refractivity contribution is 6.03. The van der Waals surface area contributed by atoms with Crippen molar-refractivity contribution >= 4 is 34.8 Å². The van der Waals surface area contributed by atoms with Crippen molar-refractivity contribution in [1.29, 1.82) is 0 Å². The smallest absolute Gasteiger partial charge is 0.229 e. The normalized spacial score (nSPS) is 16.1. The van der Waals surface area contributed by atoms with Gasteiger partial charge in [0.05, 0.1) is 13.0 Å². The van der Waals surface area contributed by atoms with Gasteiger partial charge in [-0.3, -0.25) is 14.4 Å². The Morgan fingerprint density at radius 2 is 1.59 bits per heavy atom. The summed E-state index contributed by atoms with van der Waals surface area (Å²) in [7, 11) is 1.58. The van der Waals surface area contributed by atoms with E-state index in [-0.39, 0.29) is 24.1 Å². The van der Waals surface area contributed by atoms with Gasteiger partial charge in [-0.25, -0.2) is 0 Å². The zero-order chi connectivity index (χ0) is 19.4. The molecule has 0 aliphatic carbocycles. The topological polar surface area (TPSA) is 87.7 Å². The summed E-state index contributed by atoms with van der Waals surface area (Å²) >= 11 is 0. The Kier molecular flexibility index (Phi) is 5.40. The molecule has 0 unspecified atom stereocenters. The summed E-state index contributed by atoms with van der Waals surface area (Å²) in [6.45, 7) is 1.77. The summed E-state index contributed by atoms with van der Waals surface area (Å²) in [4.78, 5) is 37.5. The minimum absolute atomic E-state index is 0.0821. The van der Waals surface area contributed by atoms with Gasteiger partial charge in [0.1, 0.15) is 5.75 Å². The molecule has 7 nitrogen and oxygen atoms in total. The summed E-state index contributed by atoms with van der Waals surface area (Å²) in [6, 6.07) is 14.0. The average molecular weight is 367 g/mol. The van der Waals surface area contributed by atoms with Crippen LogP contribution in [0.3, 0.4) is 0 Å². The van der Waals surface area contributed by atoms with E-state index in [4.69, 9.17) is 4.74 Å². The zero-order valence-corrected chi connectivity index (χ0v) is 15.2. The van der Waals surface area contributed by atoms with E-state index >= 15 is 0 Å². The second kappa shape index (κ2) is 7.90. The van der Waals surface area contributed by atoms with E-state index in [1.165, 1.54) is 6.92 Å². The fourth-order valence-corrected chi connectivity index (χ4v) is 2.98. The molecule has 140 valence electrons. The summed E-state index contributed by atoms with van der Waals surface area (Å²) in [6.07, 6.45) is 0.168. The lowest BCUT2D eigenvalue weighted by molar-refractivity contribution is -0.122. The predicted molar refractivity (Wildman–Crippen MR) is 103 cm³/mol. The summed E-state index contributed by atoms with van der Waals surface area (Å²) in [5.41, 5.74) is 2.02. The van der Waals surface area contributed by atoms with E-state index in [1.807, 2.05) is 0 Å². The lowest BCUT2D eigenvalue weighted by atomic mass is 10.1. The molecule has 1 aliphatic rings. The van der Waals surface area contributed by atoms with Gasteiger partial charge >= 0.3 is 0 Å². The zero-order valence-electron chi connectivity index (χ0n) is 15.2. The van der Waals surface area contributed by atoms with Crippen molar-refractivity contribution < 1.29 is 19.1 Å². The number of hydrogen-bond donors (Lipinski definition) is 2. The Morgan fingerprint density at radius 1 is 1.00 bits per heavy atom. The minimum Gasteiger partial charge on any atom is -0.497 e. The quantitative estimate of drug-likeness (QED) is 0.850. The lowest BCUT2D eigenvalue weighted by Crippen LogP contribution is -2.28. The predicted octanol–water partition coefficient (Wildman–Crippen LogP) is 2.65. The highest BCUT2D eigenvalue weighted by Crippen LogP contribution is 2.27. The van der Waals surface area contributed by atoms with Crippen molar-refractivity contribution in [3.05, 3.63) is 48.5 Å². The molecule has 3 amide bonds. The second-order valence-electron chi connectivity index (χ2n) is 6.35. The number of carbonyl (C=O) groups is 3. The largest absolute Gasteiger partial charge is 0.497 e. The molecule has 0 aromatic heterocycles. The Hall–Kier alpha value is -3.35. The molecule has 2 aromatic carbocycles. The molecule has 0 saturated carbocycles. The first kappa shape index (κ1) is 18.4. The third-order valence-corrected chi connectivity index (χ3v) is 4.35. The summed E-state index contributed by atoms with van der Waals surface area (Å²) < 4.78 is 5.12. The lowest BCUT2D eigenvalue weighted by Gasteiger charge is -2.17. The fraction of sp³-hybridized carbons (Fsp3) is 0.250. The van der Waals surface area contributed by atoms with Gasteiger partial charge in [0.2, 0.25) is 17.7 Å². The number of nitrogens with one attached hydrogen (secondary N) is 2. The van der Waals surface area contributed by atoms with Crippen molar-refractivity contribution in [2.75, 3.05) is 29.2 Å². The first-order valence-corrected chi connectivity index (χ1v) is 8.59. The standard InChI is InChI=1S/C20H21N3O4/c1-13(24)21-15-3-5-16(6-4-15)22-20(26)14-11-19(25)23(12-14)17-7-9-18(27-2)10-8-17/h3-10,14H,11-12H2,1-2H3,(H,21,24)(H,22,26)/t14-/m1/s1. The number of anilines is 3. The van der Waals surface area contributed by atoms with Gasteiger partial charge in [-0.1, -0.05) is 0 Å². The number of amides is 3. The molecule has 7 heteroatoms. The van der Waals surface area contributed by atoms with Crippen LogP contribution in [0, 0.1) is 5.92 Å². The molecule has 2 N–H and O–H groups in total. The van der Waals surface area contributed by atoms with Gasteiger partial charge in [0.15, 0.2) is 0 Å². The van der Waals surface area contributed by atoms with Crippen LogP contribution < -0.4 is 20.3 Å². The van der Waals surface area contributed by atoms with Crippen LogP contribution in [-0.2, 0) is 14.4 Å². The monoisotopic (exact) mass is 367 g/mol. The van der Waals surface area contributed by atoms with Gasteiger partial charge in [-0.15, -0.1) is 0 Å². The molecule has 1 fully saturated rings. The van der Waals surface area contributed by atoms with Crippen molar-refractivity contribution in [3.8, 4) is 5.75 Å². The van der Waals surface area contributed by atoms with E-state index in [0.29, 0.717) is 23.7 Å². The Labute approximate surface area is 157 Å². The SMILES string of the molecule is COc1ccc(N2C[C@H](C(=O)Nc3ccc(NC(C)=O)cc3)CC2=O)cc1. The molecule has 2 aromatic rings. The maximum absolute atomic E-state index is 12.5. The Bertz CT molecular complexity index is 847. The first-order valence-electron chi connectivity index (χ1n) is 8.59. The molecule has 1 heterocycles. The first-order chi connectivity index (χ1) is 13.0. The molecule has 1 atom stereocenters. The summed E-state index contributed by atoms with van der Waals surface area (Å²) in [5, 5.41) is 5.49. The number of carbonyl (C=O) groups excluding carboxylic acids is 3. The highest BCUT2D eigenvalue weighted by Gasteiger charge is 2.35. The summed E-state index contributed by atoms with van der Waals surface area (Å²) in [5.74, 6) is -0.153. The van der Waals surface area contributed by atoms with Crippen molar-refractivity contribution in [3.63, 3.8) is 0 Å². The van der Waals surface area contributed by atoms with Crippen LogP contribution in [0.5, 0.6) is 5.75 Å². The number of ether oxygens (including phenoxy) is 1. The molecule has 0 radical (unpaired) electrons. The van der Waals surface area contributed by atoms with Crippen LogP contribution in [0.4, 0.5) is 17.1 Å². The number of rotatable bonds is 5. The molecule has 3 rings (SSSR count). The Morgan fingerprint density at radius 3 is 2.15 bits per heavy atom. The Balaban J connectivity index is 1.62. The molecule has 0 bridgehead atoms. The van der Waals surface area contributed by atoms with Crippen LogP contribution in [-0.4, -0.2) is 31.4 Å². The van der Waals surface area contributed by atoms with Gasteiger partial charge in [-0.05, 0) is 48.5 Å². The van der Waals surface area contributed by atoms with Crippen LogP contribution >= 0.6 is 0 Å². The second-order valence-corrected chi connectivity index (χ2v) is 6.35. The van der Waals surface area contributed by atoms with Crippen LogP contribution in [0.1, 0.15) is 13.3 Å². The minimum atomic E-state index is -0.422. The van der Waals surface area contributed by atoms with Crippen LogP contribution in [0.15, 0.2) is 48.5 Å². The van der Waals surface area contributed by atoms with E-state index in [2.05, 4.69) is 10.6 Å². The molecule has 1 saturated heterocycles. The third-order valence-electron chi connectivity index (χ3n) is 4.35. The van der Waals surface area contributed by atoms with E-state index < -0.39 is 5.92 Å². The van der Waals surface area contributed by atoms with Crippen molar-refractivity contribution in [2.45, 2.75) is 13.3 Å². The molecule has 1 aliphatic heterocycles. The van der Waals surface area contributed by atoms with Crippen molar-refractivity contribution in [2.24, 2.45) is 5.92 Å². The van der Waals surface area contributed by atoms with E-state index in [9.17, 15) is 14.4 Å². The number of benzene rings is 2. The van der Waals surface area contributed by atoms with Crippen LogP contribution in [0.25, 0.3) is 0 Å². The van der Waals surface area contributed by atoms with E-state index in [1.54, 1.807) is 60.5 Å². The van der Waals surface area contributed by atoms with Crippen molar-refractivity contribution in [1.82, 2.24) is 0 Å². The number of hydrogen-bond acceptors (Lipinski definition) is 4. The number of nitrogens with zero attached hydrogens (tertiary/aromatic N) is 1. The fourth-order valence-electron chi connectivity index (χ4n) is 2.98. The third kappa shape index (κ3) is 4.44. The highest BCUT2D eigenvalue weighted by atomic mass is 16.5. The molecule has 27 heavy (non-hydrogen) atoms. The molecular formula is C20H21N3O4. The van der Waals surface area contributed by atoms with Gasteiger partial charge in [-0.2, -0.15) is 0 Å².